The van der Waals surface area contributed by atoms with E-state index in [-0.39, 0.29) is 40.9 Å². The van der Waals surface area contributed by atoms with Gasteiger partial charge < -0.3 is 9.88 Å². The van der Waals surface area contributed by atoms with E-state index in [1.54, 1.807) is 52.5 Å². The van der Waals surface area contributed by atoms with Crippen molar-refractivity contribution in [1.29, 1.82) is 0 Å². The molecule has 3 heterocycles. The molecule has 1 unspecified atom stereocenters. The highest BCUT2D eigenvalue weighted by atomic mass is 35.5. The Labute approximate surface area is 237 Å². The first kappa shape index (κ1) is 26.8. The van der Waals surface area contributed by atoms with Gasteiger partial charge in [0.25, 0.3) is 11.7 Å². The van der Waals surface area contributed by atoms with E-state index in [1.165, 1.54) is 12.7 Å². The van der Waals surface area contributed by atoms with E-state index in [1.807, 2.05) is 30.3 Å². The number of hydrogen-bond acceptors (Lipinski definition) is 4. The molecule has 41 heavy (non-hydrogen) atoms. The van der Waals surface area contributed by atoms with Gasteiger partial charge in [-0.25, -0.2) is 0 Å². The molecule has 0 saturated heterocycles. The Balaban J connectivity index is 1.44. The molecule has 3 aromatic carbocycles. The number of aromatic nitrogens is 4. The van der Waals surface area contributed by atoms with Crippen molar-refractivity contribution in [2.45, 2.75) is 38.0 Å². The normalized spacial score (nSPS) is 16.9. The molecule has 1 N–H and O–H groups in total. The van der Waals surface area contributed by atoms with E-state index in [0.717, 1.165) is 11.1 Å². The number of carbonyl (C=O) groups is 2. The van der Waals surface area contributed by atoms with Crippen molar-refractivity contribution in [2.75, 3.05) is 0 Å². The zero-order valence-corrected chi connectivity index (χ0v) is 22.5. The number of halogens is 4. The summed E-state index contributed by atoms with van der Waals surface area (Å²) in [5.74, 6) is -2.30. The van der Waals surface area contributed by atoms with Gasteiger partial charge in [-0.05, 0) is 55.7 Å². The van der Waals surface area contributed by atoms with E-state index < -0.39 is 23.4 Å². The third-order valence-corrected chi connectivity index (χ3v) is 7.93. The van der Waals surface area contributed by atoms with Crippen LogP contribution in [0, 0.1) is 6.92 Å². The van der Waals surface area contributed by atoms with Crippen LogP contribution in [0.15, 0.2) is 79.4 Å². The fraction of sp³-hybridized carbons (Fsp3) is 0.200. The largest absolute Gasteiger partial charge is 0.454 e. The van der Waals surface area contributed by atoms with E-state index in [2.05, 4.69) is 15.5 Å². The van der Waals surface area contributed by atoms with Crippen LogP contribution in [-0.4, -0.2) is 37.2 Å². The Morgan fingerprint density at radius 2 is 1.73 bits per heavy atom. The number of amides is 1. The molecule has 1 amide bonds. The lowest BCUT2D eigenvalue weighted by Gasteiger charge is -2.40. The summed E-state index contributed by atoms with van der Waals surface area (Å²) < 4.78 is 44.5. The van der Waals surface area contributed by atoms with Gasteiger partial charge in [-0.15, -0.1) is 10.2 Å². The molecule has 208 valence electrons. The molecule has 6 rings (SSSR count). The topological polar surface area (TPSA) is 81.8 Å². The molecule has 5 aromatic rings. The highest BCUT2D eigenvalue weighted by Gasteiger charge is 2.46. The fourth-order valence-electron chi connectivity index (χ4n) is 5.67. The van der Waals surface area contributed by atoms with Crippen molar-refractivity contribution in [3.05, 3.63) is 112 Å². The summed E-state index contributed by atoms with van der Waals surface area (Å²) in [7, 11) is 0. The molecule has 0 saturated carbocycles. The molecule has 2 aromatic heterocycles. The molecule has 11 heteroatoms. The van der Waals surface area contributed by atoms with Gasteiger partial charge in [0.2, 0.25) is 0 Å². The Bertz CT molecular complexity index is 1800. The molecule has 7 nitrogen and oxygen atoms in total. The van der Waals surface area contributed by atoms with Crippen LogP contribution in [0.2, 0.25) is 5.02 Å². The van der Waals surface area contributed by atoms with Gasteiger partial charge in [0, 0.05) is 22.3 Å². The fourth-order valence-corrected chi connectivity index (χ4v) is 5.93. The minimum Gasteiger partial charge on any atom is -0.341 e. The first-order valence-corrected chi connectivity index (χ1v) is 13.2. The van der Waals surface area contributed by atoms with E-state index in [0.29, 0.717) is 16.9 Å². The molecule has 0 aliphatic carbocycles. The van der Waals surface area contributed by atoms with Crippen LogP contribution < -0.4 is 5.32 Å². The maximum atomic E-state index is 13.7. The van der Waals surface area contributed by atoms with Crippen LogP contribution in [0.4, 0.5) is 13.2 Å². The number of nitrogens with zero attached hydrogens (tertiary/aromatic N) is 4. The Morgan fingerprint density at radius 1 is 1.00 bits per heavy atom. The lowest BCUT2D eigenvalue weighted by Crippen LogP contribution is -2.51. The van der Waals surface area contributed by atoms with Gasteiger partial charge in [-0.2, -0.15) is 13.2 Å². The predicted molar refractivity (Wildman–Crippen MR) is 147 cm³/mol. The van der Waals surface area contributed by atoms with Crippen LogP contribution >= 0.6 is 11.6 Å². The molecule has 0 spiro atoms. The van der Waals surface area contributed by atoms with Gasteiger partial charge in [0.15, 0.2) is 0 Å². The number of carbonyl (C=O) groups excluding carboxylic acids is 2. The summed E-state index contributed by atoms with van der Waals surface area (Å²) in [5, 5.41) is 11.2. The highest BCUT2D eigenvalue weighted by molar-refractivity contribution is 6.34. The van der Waals surface area contributed by atoms with Crippen molar-refractivity contribution in [3.63, 3.8) is 0 Å². The Morgan fingerprint density at radius 3 is 2.41 bits per heavy atom. The summed E-state index contributed by atoms with van der Waals surface area (Å²) in [6, 6.07) is 19.4. The summed E-state index contributed by atoms with van der Waals surface area (Å²) in [5.41, 5.74) is 1.94. The molecular formula is C30H23ClF3N5O2. The van der Waals surface area contributed by atoms with E-state index >= 15 is 0 Å². The lowest BCUT2D eigenvalue weighted by atomic mass is 9.81. The standard InChI is InChI=1S/C30H23ClF3N5O2/c1-18-7-10-24-22(13-18)26(27(40)30(32,33)34)25-11-12-29(15-39(24)25,19-5-3-2-4-6-19)37-28(41)21-9-8-20(14-23(21)31)38-16-35-36-17-38/h2-10,13-14,16-17H,11-12,15H2,1H3,(H,37,41). The number of fused-ring (bicyclic) bond motifs is 3. The second kappa shape index (κ2) is 9.88. The van der Waals surface area contributed by atoms with Gasteiger partial charge in [-0.1, -0.05) is 53.6 Å². The minimum absolute atomic E-state index is 0.124. The molecule has 1 aliphatic heterocycles. The van der Waals surface area contributed by atoms with Crippen LogP contribution in [0.5, 0.6) is 0 Å². The predicted octanol–water partition coefficient (Wildman–Crippen LogP) is 6.20. The summed E-state index contributed by atoms with van der Waals surface area (Å²) in [6.07, 6.45) is -1.59. The summed E-state index contributed by atoms with van der Waals surface area (Å²) in [6.45, 7) is 1.89. The monoisotopic (exact) mass is 577 g/mol. The molecule has 1 atom stereocenters. The van der Waals surface area contributed by atoms with E-state index in [4.69, 9.17) is 11.6 Å². The number of benzene rings is 3. The third-order valence-electron chi connectivity index (χ3n) is 7.62. The van der Waals surface area contributed by atoms with Crippen LogP contribution in [0.3, 0.4) is 0 Å². The molecular weight excluding hydrogens is 555 g/mol. The van der Waals surface area contributed by atoms with Crippen molar-refractivity contribution >= 4 is 34.2 Å². The van der Waals surface area contributed by atoms with Crippen LogP contribution in [0.1, 0.15) is 44.0 Å². The Kier molecular flexibility index (Phi) is 6.45. The Hall–Kier alpha value is -4.44. The number of Topliss-reactive ketones (excluding diaryl/α,β-unsaturated/α-hetero) is 1. The maximum Gasteiger partial charge on any atom is 0.454 e. The van der Waals surface area contributed by atoms with Crippen molar-refractivity contribution in [1.82, 2.24) is 24.6 Å². The number of aryl methyl sites for hydroxylation is 1. The smallest absolute Gasteiger partial charge is 0.341 e. The molecule has 1 aliphatic rings. The van der Waals surface area contributed by atoms with Crippen molar-refractivity contribution in [2.24, 2.45) is 0 Å². The quantitative estimate of drug-likeness (QED) is 0.252. The first-order chi connectivity index (χ1) is 19.6. The van der Waals surface area contributed by atoms with Crippen LogP contribution in [0.25, 0.3) is 16.6 Å². The zero-order chi connectivity index (χ0) is 28.9. The number of hydrogen-bond donors (Lipinski definition) is 1. The van der Waals surface area contributed by atoms with Crippen LogP contribution in [-0.2, 0) is 18.5 Å². The highest BCUT2D eigenvalue weighted by Crippen LogP contribution is 2.41. The number of nitrogens with one attached hydrogen (secondary N) is 1. The summed E-state index contributed by atoms with van der Waals surface area (Å²) >= 11 is 6.54. The SMILES string of the molecule is Cc1ccc2c(c1)c(C(=O)C(F)(F)F)c1n2CC(NC(=O)c2ccc(-n3cnnc3)cc2Cl)(c2ccccc2)CC1. The number of rotatable bonds is 5. The molecule has 0 radical (unpaired) electrons. The second-order valence-electron chi connectivity index (χ2n) is 10.2. The van der Waals surface area contributed by atoms with E-state index in [9.17, 15) is 22.8 Å². The zero-order valence-electron chi connectivity index (χ0n) is 21.7. The maximum absolute atomic E-state index is 13.7. The lowest BCUT2D eigenvalue weighted by molar-refractivity contribution is -0.0885. The minimum atomic E-state index is -5.02. The number of alkyl halides is 3. The average Bonchev–Trinajstić information content (AvgIpc) is 3.59. The van der Waals surface area contributed by atoms with Gasteiger partial charge in [-0.3, -0.25) is 14.2 Å². The summed E-state index contributed by atoms with van der Waals surface area (Å²) in [4.78, 5) is 26.4. The molecule has 0 bridgehead atoms. The second-order valence-corrected chi connectivity index (χ2v) is 10.6. The number of ketones is 1. The van der Waals surface area contributed by atoms with Gasteiger partial charge in [0.05, 0.1) is 28.2 Å². The van der Waals surface area contributed by atoms with Gasteiger partial charge in [0.1, 0.15) is 12.7 Å². The third kappa shape index (κ3) is 4.67. The van der Waals surface area contributed by atoms with Gasteiger partial charge >= 0.3 is 6.18 Å². The average molecular weight is 578 g/mol. The molecule has 0 fully saturated rings. The van der Waals surface area contributed by atoms with Crippen molar-refractivity contribution < 1.29 is 22.8 Å². The first-order valence-electron chi connectivity index (χ1n) is 12.8. The van der Waals surface area contributed by atoms with Crippen molar-refractivity contribution in [3.8, 4) is 5.69 Å².